The number of benzene rings is 1. The highest BCUT2D eigenvalue weighted by molar-refractivity contribution is 6.36. The molecule has 0 aromatic heterocycles. The number of carbonyl (C=O) groups is 2. The first-order valence-corrected chi connectivity index (χ1v) is 11.7. The van der Waals surface area contributed by atoms with Gasteiger partial charge in [0.25, 0.3) is 0 Å². The molecular formula is C24H28Cl2N2O3. The Balaban J connectivity index is 1.44. The van der Waals surface area contributed by atoms with Gasteiger partial charge in [0.2, 0.25) is 5.91 Å². The molecule has 31 heavy (non-hydrogen) atoms. The van der Waals surface area contributed by atoms with E-state index in [4.69, 9.17) is 27.9 Å². The van der Waals surface area contributed by atoms with Crippen LogP contribution in [0.25, 0.3) is 0 Å². The largest absolute Gasteiger partial charge is 0.465 e. The number of methoxy groups -OCH3 is 1. The van der Waals surface area contributed by atoms with Gasteiger partial charge in [0.05, 0.1) is 18.7 Å². The SMILES string of the molecule is COC(=O)C1=CCC(c2cc(Cl)c(CN3CCC(N4CCCCC4)C3=O)c(Cl)c2)C=C1. The fraction of sp³-hybridized carbons (Fsp3) is 0.500. The summed E-state index contributed by atoms with van der Waals surface area (Å²) < 4.78 is 4.77. The topological polar surface area (TPSA) is 49.9 Å². The summed E-state index contributed by atoms with van der Waals surface area (Å²) in [4.78, 5) is 28.9. The number of rotatable bonds is 5. The molecule has 0 bridgehead atoms. The molecule has 2 atom stereocenters. The van der Waals surface area contributed by atoms with Crippen LogP contribution in [0.5, 0.6) is 0 Å². The Bertz CT molecular complexity index is 898. The Morgan fingerprint density at radius 2 is 1.84 bits per heavy atom. The lowest BCUT2D eigenvalue weighted by Gasteiger charge is -2.31. The van der Waals surface area contributed by atoms with E-state index in [1.54, 1.807) is 6.08 Å². The second kappa shape index (κ2) is 9.76. The quantitative estimate of drug-likeness (QED) is 0.593. The molecule has 1 aromatic carbocycles. The third-order valence-electron chi connectivity index (χ3n) is 6.56. The van der Waals surface area contributed by atoms with Gasteiger partial charge >= 0.3 is 5.97 Å². The van der Waals surface area contributed by atoms with Crippen molar-refractivity contribution in [3.63, 3.8) is 0 Å². The van der Waals surface area contributed by atoms with Crippen molar-refractivity contribution < 1.29 is 14.3 Å². The molecule has 0 saturated carbocycles. The maximum Gasteiger partial charge on any atom is 0.337 e. The fourth-order valence-electron chi connectivity index (χ4n) is 4.76. The first-order valence-electron chi connectivity index (χ1n) is 10.9. The van der Waals surface area contributed by atoms with E-state index in [0.29, 0.717) is 28.6 Å². The van der Waals surface area contributed by atoms with Crippen LogP contribution in [0.1, 0.15) is 49.1 Å². The summed E-state index contributed by atoms with van der Waals surface area (Å²) >= 11 is 13.2. The maximum absolute atomic E-state index is 13.0. The average Bonchev–Trinajstić information content (AvgIpc) is 3.16. The van der Waals surface area contributed by atoms with Crippen LogP contribution in [0.3, 0.4) is 0 Å². The summed E-state index contributed by atoms with van der Waals surface area (Å²) in [5.74, 6) is -0.0533. The molecule has 0 spiro atoms. The highest BCUT2D eigenvalue weighted by atomic mass is 35.5. The van der Waals surface area contributed by atoms with E-state index in [2.05, 4.69) is 4.90 Å². The number of likely N-dealkylation sites (tertiary alicyclic amines) is 2. The van der Waals surface area contributed by atoms with Crippen LogP contribution < -0.4 is 0 Å². The number of hydrogen-bond acceptors (Lipinski definition) is 4. The van der Waals surface area contributed by atoms with Gasteiger partial charge in [0.1, 0.15) is 0 Å². The first-order chi connectivity index (χ1) is 15.0. The molecular weight excluding hydrogens is 435 g/mol. The lowest BCUT2D eigenvalue weighted by molar-refractivity contribution is -0.135. The molecule has 2 aliphatic heterocycles. The average molecular weight is 463 g/mol. The van der Waals surface area contributed by atoms with Gasteiger partial charge in [-0.15, -0.1) is 0 Å². The Morgan fingerprint density at radius 1 is 1.13 bits per heavy atom. The van der Waals surface area contributed by atoms with Crippen molar-refractivity contribution in [3.8, 4) is 0 Å². The Hall–Kier alpha value is -1.82. The first kappa shape index (κ1) is 22.4. The highest BCUT2D eigenvalue weighted by Gasteiger charge is 2.36. The van der Waals surface area contributed by atoms with Gasteiger partial charge in [0, 0.05) is 34.6 Å². The third-order valence-corrected chi connectivity index (χ3v) is 7.24. The Kier molecular flexibility index (Phi) is 7.05. The van der Waals surface area contributed by atoms with Crippen LogP contribution in [-0.2, 0) is 20.9 Å². The fourth-order valence-corrected chi connectivity index (χ4v) is 5.39. The third kappa shape index (κ3) is 4.84. The summed E-state index contributed by atoms with van der Waals surface area (Å²) in [6.45, 7) is 3.21. The Labute approximate surface area is 193 Å². The van der Waals surface area contributed by atoms with E-state index in [-0.39, 0.29) is 23.8 Å². The maximum atomic E-state index is 13.0. The predicted molar refractivity (Wildman–Crippen MR) is 122 cm³/mol. The van der Waals surface area contributed by atoms with Crippen molar-refractivity contribution in [2.24, 2.45) is 0 Å². The zero-order chi connectivity index (χ0) is 22.0. The molecule has 1 aliphatic carbocycles. The van der Waals surface area contributed by atoms with Gasteiger partial charge in [-0.05, 0) is 56.5 Å². The van der Waals surface area contributed by atoms with Crippen molar-refractivity contribution in [1.82, 2.24) is 9.80 Å². The van der Waals surface area contributed by atoms with Gasteiger partial charge in [-0.2, -0.15) is 0 Å². The van der Waals surface area contributed by atoms with Crippen molar-refractivity contribution in [1.29, 1.82) is 0 Å². The van der Waals surface area contributed by atoms with Gasteiger partial charge in [-0.25, -0.2) is 4.79 Å². The van der Waals surface area contributed by atoms with E-state index in [9.17, 15) is 9.59 Å². The van der Waals surface area contributed by atoms with Gasteiger partial charge in [-0.1, -0.05) is 47.9 Å². The molecule has 2 heterocycles. The highest BCUT2D eigenvalue weighted by Crippen LogP contribution is 2.35. The van der Waals surface area contributed by atoms with E-state index in [1.165, 1.54) is 26.4 Å². The second-order valence-electron chi connectivity index (χ2n) is 8.48. The molecule has 4 rings (SSSR count). The van der Waals surface area contributed by atoms with Crippen molar-refractivity contribution >= 4 is 35.1 Å². The summed E-state index contributed by atoms with van der Waals surface area (Å²) in [6.07, 6.45) is 10.8. The van der Waals surface area contributed by atoms with Crippen LogP contribution in [-0.4, -0.2) is 54.5 Å². The molecule has 2 saturated heterocycles. The predicted octanol–water partition coefficient (Wildman–Crippen LogP) is 4.72. The van der Waals surface area contributed by atoms with Crippen LogP contribution in [0.15, 0.2) is 35.9 Å². The van der Waals surface area contributed by atoms with Crippen molar-refractivity contribution in [2.75, 3.05) is 26.7 Å². The van der Waals surface area contributed by atoms with Gasteiger partial charge in [-0.3, -0.25) is 9.69 Å². The van der Waals surface area contributed by atoms with Crippen molar-refractivity contribution in [2.45, 2.75) is 50.6 Å². The number of amides is 1. The van der Waals surface area contributed by atoms with Gasteiger partial charge < -0.3 is 9.64 Å². The number of hydrogen-bond donors (Lipinski definition) is 0. The molecule has 2 fully saturated rings. The number of halogens is 2. The molecule has 1 amide bonds. The molecule has 0 radical (unpaired) electrons. The van der Waals surface area contributed by atoms with E-state index in [0.717, 1.165) is 37.2 Å². The normalized spacial score (nSPS) is 24.4. The number of piperidine rings is 1. The molecule has 0 N–H and O–H groups in total. The molecule has 2 unspecified atom stereocenters. The Morgan fingerprint density at radius 3 is 2.45 bits per heavy atom. The summed E-state index contributed by atoms with van der Waals surface area (Å²) in [5, 5.41) is 1.15. The molecule has 3 aliphatic rings. The summed E-state index contributed by atoms with van der Waals surface area (Å²) in [5.41, 5.74) is 2.35. The van der Waals surface area contributed by atoms with Crippen LogP contribution in [0.4, 0.5) is 0 Å². The summed E-state index contributed by atoms with van der Waals surface area (Å²) in [7, 11) is 1.38. The molecule has 7 heteroatoms. The summed E-state index contributed by atoms with van der Waals surface area (Å²) in [6, 6.07) is 3.86. The number of esters is 1. The number of nitrogens with zero attached hydrogens (tertiary/aromatic N) is 2. The van der Waals surface area contributed by atoms with Crippen LogP contribution in [0.2, 0.25) is 10.0 Å². The number of carbonyl (C=O) groups excluding carboxylic acids is 2. The van der Waals surface area contributed by atoms with E-state index in [1.807, 2.05) is 29.2 Å². The van der Waals surface area contributed by atoms with E-state index >= 15 is 0 Å². The zero-order valence-electron chi connectivity index (χ0n) is 17.8. The van der Waals surface area contributed by atoms with E-state index < -0.39 is 0 Å². The number of ether oxygens (including phenoxy) is 1. The zero-order valence-corrected chi connectivity index (χ0v) is 19.3. The smallest absolute Gasteiger partial charge is 0.337 e. The lowest BCUT2D eigenvalue weighted by Crippen LogP contribution is -2.44. The molecule has 1 aromatic rings. The standard InChI is InChI=1S/C24H28Cl2N2O3/c1-31-24(30)17-7-5-16(6-8-17)18-13-20(25)19(21(26)14-18)15-28-12-9-22(23(28)29)27-10-3-2-4-11-27/h5,7-8,13-14,16,22H,2-4,6,9-12,15H2,1H3. The van der Waals surface area contributed by atoms with Crippen LogP contribution >= 0.6 is 23.2 Å². The number of allylic oxidation sites excluding steroid dienone is 2. The van der Waals surface area contributed by atoms with Crippen molar-refractivity contribution in [3.05, 3.63) is 57.1 Å². The second-order valence-corrected chi connectivity index (χ2v) is 9.29. The minimum atomic E-state index is -0.334. The molecule has 5 nitrogen and oxygen atoms in total. The lowest BCUT2D eigenvalue weighted by atomic mass is 9.89. The minimum Gasteiger partial charge on any atom is -0.465 e. The molecule has 166 valence electrons. The van der Waals surface area contributed by atoms with Crippen LogP contribution in [0, 0.1) is 0 Å². The minimum absolute atomic E-state index is 0.000272. The monoisotopic (exact) mass is 462 g/mol. The van der Waals surface area contributed by atoms with Gasteiger partial charge in [0.15, 0.2) is 0 Å².